The van der Waals surface area contributed by atoms with Gasteiger partial charge in [-0.15, -0.1) is 0 Å². The molecule has 0 aliphatic heterocycles. The Morgan fingerprint density at radius 2 is 2.15 bits per heavy atom. The molecule has 20 heavy (non-hydrogen) atoms. The van der Waals surface area contributed by atoms with E-state index in [0.29, 0.717) is 6.04 Å². The zero-order chi connectivity index (χ0) is 14.2. The molecule has 0 radical (unpaired) electrons. The molecule has 3 heteroatoms. The standard InChI is InChI=1S/C17H22N2O/c1-12-10-14(19-20-12)11-18-16-15-7-5-4-6-13(15)8-9-17(16,2)3/h4-7,10,16,18H,8-9,11H2,1-3H3. The largest absolute Gasteiger partial charge is 0.361 e. The van der Waals surface area contributed by atoms with Crippen LogP contribution in [-0.2, 0) is 13.0 Å². The van der Waals surface area contributed by atoms with Gasteiger partial charge in [-0.25, -0.2) is 0 Å². The lowest BCUT2D eigenvalue weighted by Gasteiger charge is -2.40. The van der Waals surface area contributed by atoms with Gasteiger partial charge in [-0.05, 0) is 36.3 Å². The first-order valence-electron chi connectivity index (χ1n) is 7.30. The number of aryl methyl sites for hydroxylation is 2. The quantitative estimate of drug-likeness (QED) is 0.922. The maximum absolute atomic E-state index is 5.14. The first-order valence-corrected chi connectivity index (χ1v) is 7.30. The van der Waals surface area contributed by atoms with Crippen molar-refractivity contribution in [3.05, 3.63) is 52.9 Å². The maximum Gasteiger partial charge on any atom is 0.133 e. The number of nitrogens with one attached hydrogen (secondary N) is 1. The van der Waals surface area contributed by atoms with E-state index in [1.54, 1.807) is 0 Å². The van der Waals surface area contributed by atoms with E-state index in [2.05, 4.69) is 48.6 Å². The Labute approximate surface area is 120 Å². The molecule has 1 atom stereocenters. The van der Waals surface area contributed by atoms with Crippen molar-refractivity contribution in [3.63, 3.8) is 0 Å². The molecule has 1 unspecified atom stereocenters. The van der Waals surface area contributed by atoms with Crippen LogP contribution >= 0.6 is 0 Å². The van der Waals surface area contributed by atoms with Crippen molar-refractivity contribution >= 4 is 0 Å². The van der Waals surface area contributed by atoms with Crippen LogP contribution in [0.3, 0.4) is 0 Å². The van der Waals surface area contributed by atoms with Crippen LogP contribution < -0.4 is 5.32 Å². The minimum Gasteiger partial charge on any atom is -0.361 e. The summed E-state index contributed by atoms with van der Waals surface area (Å²) in [6.07, 6.45) is 2.38. The Hall–Kier alpha value is -1.61. The van der Waals surface area contributed by atoms with Crippen LogP contribution in [0.25, 0.3) is 0 Å². The number of fused-ring (bicyclic) bond motifs is 1. The summed E-state index contributed by atoms with van der Waals surface area (Å²) in [6, 6.07) is 11.1. The lowest BCUT2D eigenvalue weighted by molar-refractivity contribution is 0.206. The molecule has 106 valence electrons. The van der Waals surface area contributed by atoms with Gasteiger partial charge < -0.3 is 9.84 Å². The number of benzene rings is 1. The molecular formula is C17H22N2O. The van der Waals surface area contributed by atoms with Gasteiger partial charge in [-0.1, -0.05) is 43.3 Å². The third kappa shape index (κ3) is 2.50. The molecule has 1 aliphatic rings. The topological polar surface area (TPSA) is 38.1 Å². The molecule has 0 bridgehead atoms. The van der Waals surface area contributed by atoms with Gasteiger partial charge in [0, 0.05) is 18.7 Å². The smallest absolute Gasteiger partial charge is 0.133 e. The van der Waals surface area contributed by atoms with Crippen LogP contribution in [0.2, 0.25) is 0 Å². The molecule has 0 saturated carbocycles. The van der Waals surface area contributed by atoms with Gasteiger partial charge in [-0.3, -0.25) is 0 Å². The summed E-state index contributed by atoms with van der Waals surface area (Å²) in [7, 11) is 0. The number of rotatable bonds is 3. The van der Waals surface area contributed by atoms with Crippen LogP contribution in [0, 0.1) is 12.3 Å². The van der Waals surface area contributed by atoms with Gasteiger partial charge in [0.05, 0.1) is 5.69 Å². The third-order valence-corrected chi connectivity index (χ3v) is 4.35. The molecular weight excluding hydrogens is 248 g/mol. The summed E-state index contributed by atoms with van der Waals surface area (Å²) in [6.45, 7) is 7.36. The summed E-state index contributed by atoms with van der Waals surface area (Å²) in [5.74, 6) is 0.866. The molecule has 0 amide bonds. The van der Waals surface area contributed by atoms with Crippen molar-refractivity contribution in [2.24, 2.45) is 5.41 Å². The van der Waals surface area contributed by atoms with Crippen molar-refractivity contribution in [3.8, 4) is 0 Å². The van der Waals surface area contributed by atoms with E-state index >= 15 is 0 Å². The second kappa shape index (κ2) is 5.06. The predicted octanol–water partition coefficient (Wildman–Crippen LogP) is 3.79. The molecule has 0 spiro atoms. The molecule has 0 saturated heterocycles. The number of hydrogen-bond donors (Lipinski definition) is 1. The van der Waals surface area contributed by atoms with Crippen LogP contribution in [0.15, 0.2) is 34.9 Å². The summed E-state index contributed by atoms with van der Waals surface area (Å²) in [5, 5.41) is 7.74. The van der Waals surface area contributed by atoms with Crippen molar-refractivity contribution in [2.75, 3.05) is 0 Å². The highest BCUT2D eigenvalue weighted by atomic mass is 16.5. The van der Waals surface area contributed by atoms with E-state index in [-0.39, 0.29) is 5.41 Å². The molecule has 0 fully saturated rings. The van der Waals surface area contributed by atoms with Gasteiger partial charge in [0.25, 0.3) is 0 Å². The predicted molar refractivity (Wildman–Crippen MR) is 79.4 cm³/mol. The molecule has 1 aliphatic carbocycles. The minimum absolute atomic E-state index is 0.257. The number of nitrogens with zero attached hydrogens (tertiary/aromatic N) is 1. The number of hydrogen-bond acceptors (Lipinski definition) is 3. The van der Waals surface area contributed by atoms with Crippen LogP contribution in [0.4, 0.5) is 0 Å². The second-order valence-electron chi connectivity index (χ2n) is 6.43. The second-order valence-corrected chi connectivity index (χ2v) is 6.43. The molecule has 1 N–H and O–H groups in total. The van der Waals surface area contributed by atoms with Crippen molar-refractivity contribution in [2.45, 2.75) is 46.2 Å². The maximum atomic E-state index is 5.14. The van der Waals surface area contributed by atoms with Crippen molar-refractivity contribution in [1.29, 1.82) is 0 Å². The fourth-order valence-corrected chi connectivity index (χ4v) is 3.16. The summed E-state index contributed by atoms with van der Waals surface area (Å²) < 4.78 is 5.14. The summed E-state index contributed by atoms with van der Waals surface area (Å²) in [4.78, 5) is 0. The van der Waals surface area contributed by atoms with Gasteiger partial charge in [-0.2, -0.15) is 0 Å². The molecule has 2 aromatic rings. The van der Waals surface area contributed by atoms with Crippen molar-refractivity contribution in [1.82, 2.24) is 10.5 Å². The van der Waals surface area contributed by atoms with Gasteiger partial charge in [0.2, 0.25) is 0 Å². The van der Waals surface area contributed by atoms with Gasteiger partial charge >= 0.3 is 0 Å². The first kappa shape index (κ1) is 13.4. The Kier molecular flexibility index (Phi) is 3.38. The first-order chi connectivity index (χ1) is 9.56. The summed E-state index contributed by atoms with van der Waals surface area (Å²) >= 11 is 0. The Bertz CT molecular complexity index is 601. The van der Waals surface area contributed by atoms with Crippen molar-refractivity contribution < 1.29 is 4.52 Å². The van der Waals surface area contributed by atoms with Crippen LogP contribution in [-0.4, -0.2) is 5.16 Å². The van der Waals surface area contributed by atoms with Gasteiger partial charge in [0.15, 0.2) is 0 Å². The zero-order valence-corrected chi connectivity index (χ0v) is 12.4. The van der Waals surface area contributed by atoms with E-state index in [9.17, 15) is 0 Å². The average molecular weight is 270 g/mol. The molecule has 1 aromatic carbocycles. The highest BCUT2D eigenvalue weighted by molar-refractivity contribution is 5.34. The van der Waals surface area contributed by atoms with Crippen LogP contribution in [0.1, 0.15) is 48.9 Å². The molecule has 3 rings (SSSR count). The lowest BCUT2D eigenvalue weighted by atomic mass is 9.70. The molecule has 1 heterocycles. The highest BCUT2D eigenvalue weighted by Gasteiger charge is 2.35. The van der Waals surface area contributed by atoms with E-state index < -0.39 is 0 Å². The summed E-state index contributed by atoms with van der Waals surface area (Å²) in [5.41, 5.74) is 4.14. The van der Waals surface area contributed by atoms with E-state index in [4.69, 9.17) is 4.52 Å². The molecule has 3 nitrogen and oxygen atoms in total. The Morgan fingerprint density at radius 3 is 2.90 bits per heavy atom. The Balaban J connectivity index is 1.82. The van der Waals surface area contributed by atoms with Crippen LogP contribution in [0.5, 0.6) is 0 Å². The van der Waals surface area contributed by atoms with Gasteiger partial charge in [0.1, 0.15) is 5.76 Å². The average Bonchev–Trinajstić information content (AvgIpc) is 2.83. The molecule has 1 aromatic heterocycles. The SMILES string of the molecule is Cc1cc(CNC2c3ccccc3CCC2(C)C)no1. The normalized spacial score (nSPS) is 20.6. The monoisotopic (exact) mass is 270 g/mol. The lowest BCUT2D eigenvalue weighted by Crippen LogP contribution is -2.37. The van der Waals surface area contributed by atoms with E-state index in [1.807, 2.05) is 13.0 Å². The third-order valence-electron chi connectivity index (χ3n) is 4.35. The Morgan fingerprint density at radius 1 is 1.35 bits per heavy atom. The van der Waals surface area contributed by atoms with E-state index in [1.165, 1.54) is 24.0 Å². The highest BCUT2D eigenvalue weighted by Crippen LogP contribution is 2.43. The zero-order valence-electron chi connectivity index (χ0n) is 12.4. The fraction of sp³-hybridized carbons (Fsp3) is 0.471. The number of aromatic nitrogens is 1. The minimum atomic E-state index is 0.257. The fourth-order valence-electron chi connectivity index (χ4n) is 3.16. The van der Waals surface area contributed by atoms with E-state index in [0.717, 1.165) is 18.0 Å².